The number of carbonyl (C=O) groups excluding carboxylic acids is 1. The number of benzene rings is 1. The van der Waals surface area contributed by atoms with Crippen molar-refractivity contribution in [1.82, 2.24) is 4.90 Å². The van der Waals surface area contributed by atoms with Crippen LogP contribution in [-0.2, 0) is 10.0 Å². The number of nitrogens with two attached hydrogens (primary N) is 1. The SMILES string of the molecule is C#CCN(C)C(=O)c1c(Cl)cccc1S(N)(=O)=O. The van der Waals surface area contributed by atoms with Gasteiger partial charge in [-0.15, -0.1) is 6.42 Å². The van der Waals surface area contributed by atoms with E-state index in [0.29, 0.717) is 0 Å². The van der Waals surface area contributed by atoms with Gasteiger partial charge in [0.1, 0.15) is 0 Å². The number of halogens is 1. The van der Waals surface area contributed by atoms with Crippen molar-refractivity contribution in [3.63, 3.8) is 0 Å². The van der Waals surface area contributed by atoms with Crippen LogP contribution < -0.4 is 5.14 Å². The lowest BCUT2D eigenvalue weighted by Gasteiger charge is -2.16. The molecule has 1 amide bonds. The lowest BCUT2D eigenvalue weighted by Crippen LogP contribution is -2.29. The maximum Gasteiger partial charge on any atom is 0.257 e. The summed E-state index contributed by atoms with van der Waals surface area (Å²) in [7, 11) is -2.59. The Morgan fingerprint density at radius 1 is 1.56 bits per heavy atom. The van der Waals surface area contributed by atoms with E-state index in [2.05, 4.69) is 5.92 Å². The van der Waals surface area contributed by atoms with Crippen LogP contribution in [0.5, 0.6) is 0 Å². The second kappa shape index (κ2) is 5.40. The lowest BCUT2D eigenvalue weighted by atomic mass is 10.2. The first-order valence-electron chi connectivity index (χ1n) is 4.79. The fourth-order valence-corrected chi connectivity index (χ4v) is 2.41. The Labute approximate surface area is 111 Å². The van der Waals surface area contributed by atoms with Gasteiger partial charge >= 0.3 is 0 Å². The molecule has 0 radical (unpaired) electrons. The zero-order valence-corrected chi connectivity index (χ0v) is 11.1. The van der Waals surface area contributed by atoms with Crippen LogP contribution in [0, 0.1) is 12.3 Å². The fourth-order valence-electron chi connectivity index (χ4n) is 1.35. The van der Waals surface area contributed by atoms with Gasteiger partial charge in [-0.25, -0.2) is 13.6 Å². The van der Waals surface area contributed by atoms with Gasteiger partial charge in [0.2, 0.25) is 10.0 Å². The van der Waals surface area contributed by atoms with Crippen LogP contribution in [0.25, 0.3) is 0 Å². The molecule has 7 heteroatoms. The number of terminal acetylenes is 1. The molecule has 0 spiro atoms. The first-order valence-corrected chi connectivity index (χ1v) is 6.71. The van der Waals surface area contributed by atoms with E-state index < -0.39 is 15.9 Å². The van der Waals surface area contributed by atoms with Crippen molar-refractivity contribution >= 4 is 27.5 Å². The molecular weight excluding hydrogens is 276 g/mol. The van der Waals surface area contributed by atoms with Crippen LogP contribution in [0.3, 0.4) is 0 Å². The van der Waals surface area contributed by atoms with Crippen LogP contribution in [0.4, 0.5) is 0 Å². The molecule has 0 aliphatic heterocycles. The summed E-state index contributed by atoms with van der Waals surface area (Å²) in [6, 6.07) is 4.03. The smallest absolute Gasteiger partial charge is 0.257 e. The monoisotopic (exact) mass is 286 g/mol. The number of sulfonamides is 1. The van der Waals surface area contributed by atoms with Crippen molar-refractivity contribution in [2.75, 3.05) is 13.6 Å². The number of hydrogen-bond donors (Lipinski definition) is 1. The number of carbonyl (C=O) groups is 1. The van der Waals surface area contributed by atoms with Gasteiger partial charge < -0.3 is 4.90 Å². The Hall–Kier alpha value is -1.55. The highest BCUT2D eigenvalue weighted by Gasteiger charge is 2.24. The fraction of sp³-hybridized carbons (Fsp3) is 0.182. The highest BCUT2D eigenvalue weighted by molar-refractivity contribution is 7.89. The first kappa shape index (κ1) is 14.5. The average Bonchev–Trinajstić information content (AvgIpc) is 2.27. The normalized spacial score (nSPS) is 10.8. The minimum Gasteiger partial charge on any atom is -0.330 e. The lowest BCUT2D eigenvalue weighted by molar-refractivity contribution is 0.0809. The number of rotatable bonds is 3. The van der Waals surface area contributed by atoms with Crippen molar-refractivity contribution in [2.24, 2.45) is 5.14 Å². The standard InChI is InChI=1S/C11H11ClN2O3S/c1-3-7-14(2)11(15)10-8(12)5-4-6-9(10)18(13,16)17/h1,4-6H,7H2,2H3,(H2,13,16,17). The summed E-state index contributed by atoms with van der Waals surface area (Å²) in [5, 5.41) is 5.05. The predicted molar refractivity (Wildman–Crippen MR) is 68.6 cm³/mol. The highest BCUT2D eigenvalue weighted by atomic mass is 35.5. The van der Waals surface area contributed by atoms with Gasteiger partial charge in [0.25, 0.3) is 5.91 Å². The molecule has 0 aromatic heterocycles. The molecule has 0 aliphatic carbocycles. The van der Waals surface area contributed by atoms with Crippen LogP contribution >= 0.6 is 11.6 Å². The first-order chi connectivity index (χ1) is 8.29. The molecule has 5 nitrogen and oxygen atoms in total. The van der Waals surface area contributed by atoms with Crippen molar-refractivity contribution in [1.29, 1.82) is 0 Å². The summed E-state index contributed by atoms with van der Waals surface area (Å²) in [5.74, 6) is 1.68. The van der Waals surface area contributed by atoms with Crippen LogP contribution in [0.15, 0.2) is 23.1 Å². The Morgan fingerprint density at radius 2 is 2.17 bits per heavy atom. The van der Waals surface area contributed by atoms with E-state index in [1.807, 2.05) is 0 Å². The van der Waals surface area contributed by atoms with Crippen LogP contribution in [0.2, 0.25) is 5.02 Å². The highest BCUT2D eigenvalue weighted by Crippen LogP contribution is 2.24. The molecule has 0 fully saturated rings. The molecule has 0 unspecified atom stereocenters. The van der Waals surface area contributed by atoms with E-state index in [4.69, 9.17) is 23.2 Å². The zero-order chi connectivity index (χ0) is 13.9. The minimum atomic E-state index is -4.03. The van der Waals surface area contributed by atoms with Crippen molar-refractivity contribution in [3.05, 3.63) is 28.8 Å². The molecule has 0 saturated carbocycles. The summed E-state index contributed by atoms with van der Waals surface area (Å²) in [6.07, 6.45) is 5.09. The topological polar surface area (TPSA) is 80.5 Å². The molecule has 2 N–H and O–H groups in total. The second-order valence-electron chi connectivity index (χ2n) is 3.52. The third kappa shape index (κ3) is 3.01. The number of nitrogens with zero attached hydrogens (tertiary/aromatic N) is 1. The van der Waals surface area contributed by atoms with Gasteiger partial charge in [0.15, 0.2) is 0 Å². The molecule has 0 atom stereocenters. The molecular formula is C11H11ClN2O3S. The minimum absolute atomic E-state index is 0.00963. The number of primary sulfonamides is 1. The van der Waals surface area contributed by atoms with Crippen molar-refractivity contribution in [3.8, 4) is 12.3 Å². The van der Waals surface area contributed by atoms with Crippen LogP contribution in [-0.4, -0.2) is 32.8 Å². The van der Waals surface area contributed by atoms with Gasteiger partial charge in [-0.3, -0.25) is 4.79 Å². The summed E-state index contributed by atoms with van der Waals surface area (Å²) in [4.78, 5) is 12.9. The molecule has 1 aromatic rings. The number of hydrogen-bond acceptors (Lipinski definition) is 3. The number of amides is 1. The molecule has 0 heterocycles. The van der Waals surface area contributed by atoms with Gasteiger partial charge in [0.05, 0.1) is 22.0 Å². The van der Waals surface area contributed by atoms with E-state index >= 15 is 0 Å². The zero-order valence-electron chi connectivity index (χ0n) is 9.55. The summed E-state index contributed by atoms with van der Waals surface area (Å²) in [6.45, 7) is 0.0358. The van der Waals surface area contributed by atoms with Gasteiger partial charge in [-0.05, 0) is 12.1 Å². The molecule has 1 aromatic carbocycles. The van der Waals surface area contributed by atoms with E-state index in [-0.39, 0.29) is 22.0 Å². The molecule has 18 heavy (non-hydrogen) atoms. The Kier molecular flexibility index (Phi) is 4.35. The van der Waals surface area contributed by atoms with E-state index in [1.165, 1.54) is 30.1 Å². The van der Waals surface area contributed by atoms with E-state index in [0.717, 1.165) is 0 Å². The maximum atomic E-state index is 12.0. The van der Waals surface area contributed by atoms with E-state index in [1.54, 1.807) is 0 Å². The second-order valence-corrected chi connectivity index (χ2v) is 5.46. The molecule has 0 bridgehead atoms. The van der Waals surface area contributed by atoms with Crippen molar-refractivity contribution in [2.45, 2.75) is 4.90 Å². The van der Waals surface area contributed by atoms with Crippen molar-refractivity contribution < 1.29 is 13.2 Å². The summed E-state index contributed by atoms with van der Waals surface area (Å²) in [5.41, 5.74) is -0.167. The van der Waals surface area contributed by atoms with E-state index in [9.17, 15) is 13.2 Å². The summed E-state index contributed by atoms with van der Waals surface area (Å²) >= 11 is 5.86. The summed E-state index contributed by atoms with van der Waals surface area (Å²) < 4.78 is 22.8. The Balaban J connectivity index is 3.41. The van der Waals surface area contributed by atoms with Gasteiger partial charge in [0, 0.05) is 7.05 Å². The quantitative estimate of drug-likeness (QED) is 0.830. The Morgan fingerprint density at radius 3 is 2.67 bits per heavy atom. The third-order valence-corrected chi connectivity index (χ3v) is 3.44. The van der Waals surface area contributed by atoms with Gasteiger partial charge in [-0.1, -0.05) is 23.6 Å². The van der Waals surface area contributed by atoms with Crippen LogP contribution in [0.1, 0.15) is 10.4 Å². The largest absolute Gasteiger partial charge is 0.330 e. The Bertz CT molecular complexity index is 620. The third-order valence-electron chi connectivity index (χ3n) is 2.17. The predicted octanol–water partition coefficient (Wildman–Crippen LogP) is 0.693. The average molecular weight is 287 g/mol. The molecule has 0 saturated heterocycles. The van der Waals surface area contributed by atoms with Gasteiger partial charge in [-0.2, -0.15) is 0 Å². The maximum absolute atomic E-state index is 12.0. The molecule has 0 aliphatic rings. The molecule has 1 rings (SSSR count). The molecule has 96 valence electrons.